The van der Waals surface area contributed by atoms with Crippen LogP contribution in [0.4, 0.5) is 5.69 Å². The summed E-state index contributed by atoms with van der Waals surface area (Å²) in [5.41, 5.74) is 2.64. The molecule has 1 N–H and O–H groups in total. The molecule has 0 amide bonds. The van der Waals surface area contributed by atoms with Crippen molar-refractivity contribution in [3.63, 3.8) is 0 Å². The van der Waals surface area contributed by atoms with Gasteiger partial charge in [0.1, 0.15) is 0 Å². The molecule has 1 aliphatic rings. The third-order valence-electron chi connectivity index (χ3n) is 3.67. The number of anilines is 1. The van der Waals surface area contributed by atoms with Crippen LogP contribution in [0.25, 0.3) is 0 Å². The van der Waals surface area contributed by atoms with Crippen LogP contribution in [-0.2, 0) is 6.54 Å². The number of likely N-dealkylation sites (N-methyl/N-ethyl adjacent to an activating group) is 1. The van der Waals surface area contributed by atoms with E-state index in [1.165, 1.54) is 24.2 Å². The lowest BCUT2D eigenvalue weighted by Crippen LogP contribution is -2.30. The number of nitrogens with zero attached hydrogens (tertiary/aromatic N) is 2. The van der Waals surface area contributed by atoms with E-state index in [1.54, 1.807) is 0 Å². The van der Waals surface area contributed by atoms with Gasteiger partial charge in [0, 0.05) is 36.9 Å². The van der Waals surface area contributed by atoms with Gasteiger partial charge in [0.25, 0.3) is 0 Å². The highest BCUT2D eigenvalue weighted by Crippen LogP contribution is 2.25. The standard InChI is InChI=1S/C15H24ClN3/c1-3-17-12-13-11-14(16)5-6-15(13)19-8-4-7-18(2)9-10-19/h5-6,11,17H,3-4,7-10,12H2,1-2H3. The smallest absolute Gasteiger partial charge is 0.0413 e. The number of rotatable bonds is 4. The monoisotopic (exact) mass is 281 g/mol. The molecule has 0 saturated carbocycles. The Labute approximate surface area is 121 Å². The summed E-state index contributed by atoms with van der Waals surface area (Å²) in [7, 11) is 2.20. The van der Waals surface area contributed by atoms with Crippen LogP contribution in [0, 0.1) is 0 Å². The van der Waals surface area contributed by atoms with Gasteiger partial charge in [-0.15, -0.1) is 0 Å². The van der Waals surface area contributed by atoms with E-state index in [4.69, 9.17) is 11.6 Å². The number of benzene rings is 1. The molecule has 106 valence electrons. The van der Waals surface area contributed by atoms with Gasteiger partial charge >= 0.3 is 0 Å². The van der Waals surface area contributed by atoms with Crippen molar-refractivity contribution in [1.29, 1.82) is 0 Å². The molecule has 1 saturated heterocycles. The van der Waals surface area contributed by atoms with Crippen molar-refractivity contribution in [2.75, 3.05) is 44.7 Å². The summed E-state index contributed by atoms with van der Waals surface area (Å²) in [5, 5.41) is 4.22. The van der Waals surface area contributed by atoms with Gasteiger partial charge in [-0.1, -0.05) is 18.5 Å². The fourth-order valence-corrected chi connectivity index (χ4v) is 2.75. The van der Waals surface area contributed by atoms with Crippen molar-refractivity contribution in [3.8, 4) is 0 Å². The van der Waals surface area contributed by atoms with Gasteiger partial charge in [-0.3, -0.25) is 0 Å². The van der Waals surface area contributed by atoms with E-state index in [9.17, 15) is 0 Å². The second-order valence-electron chi connectivity index (χ2n) is 5.20. The van der Waals surface area contributed by atoms with Crippen molar-refractivity contribution in [1.82, 2.24) is 10.2 Å². The van der Waals surface area contributed by atoms with E-state index in [2.05, 4.69) is 41.2 Å². The Balaban J connectivity index is 2.17. The quantitative estimate of drug-likeness (QED) is 0.915. The van der Waals surface area contributed by atoms with Crippen molar-refractivity contribution in [2.24, 2.45) is 0 Å². The van der Waals surface area contributed by atoms with Crippen LogP contribution >= 0.6 is 11.6 Å². The molecule has 1 aliphatic heterocycles. The Morgan fingerprint density at radius 2 is 2.05 bits per heavy atom. The Morgan fingerprint density at radius 1 is 1.21 bits per heavy atom. The Kier molecular flexibility index (Phi) is 5.49. The highest BCUT2D eigenvalue weighted by molar-refractivity contribution is 6.30. The number of hydrogen-bond acceptors (Lipinski definition) is 3. The van der Waals surface area contributed by atoms with Gasteiger partial charge in [-0.25, -0.2) is 0 Å². The molecular formula is C15H24ClN3. The van der Waals surface area contributed by atoms with E-state index < -0.39 is 0 Å². The molecule has 19 heavy (non-hydrogen) atoms. The third-order valence-corrected chi connectivity index (χ3v) is 3.90. The van der Waals surface area contributed by atoms with Gasteiger partial charge in [-0.05, 0) is 50.3 Å². The fourth-order valence-electron chi connectivity index (χ4n) is 2.55. The second kappa shape index (κ2) is 7.13. The maximum Gasteiger partial charge on any atom is 0.0413 e. The molecule has 0 radical (unpaired) electrons. The zero-order chi connectivity index (χ0) is 13.7. The summed E-state index contributed by atoms with van der Waals surface area (Å²) in [6.07, 6.45) is 1.22. The molecule has 1 aromatic carbocycles. The average Bonchev–Trinajstić information content (AvgIpc) is 2.61. The number of hydrogen-bond donors (Lipinski definition) is 1. The van der Waals surface area contributed by atoms with Crippen LogP contribution in [0.2, 0.25) is 5.02 Å². The van der Waals surface area contributed by atoms with Crippen LogP contribution in [0.3, 0.4) is 0 Å². The molecule has 1 aromatic rings. The molecule has 2 rings (SSSR count). The summed E-state index contributed by atoms with van der Waals surface area (Å²) in [6.45, 7) is 8.54. The summed E-state index contributed by atoms with van der Waals surface area (Å²) in [5.74, 6) is 0. The molecule has 0 aliphatic carbocycles. The van der Waals surface area contributed by atoms with E-state index in [-0.39, 0.29) is 0 Å². The maximum absolute atomic E-state index is 6.14. The highest BCUT2D eigenvalue weighted by atomic mass is 35.5. The van der Waals surface area contributed by atoms with Gasteiger partial charge in [0.05, 0.1) is 0 Å². The third kappa shape index (κ3) is 4.10. The number of halogens is 1. The molecule has 3 nitrogen and oxygen atoms in total. The minimum absolute atomic E-state index is 0.823. The summed E-state index contributed by atoms with van der Waals surface area (Å²) in [6, 6.07) is 6.26. The first-order valence-electron chi connectivity index (χ1n) is 7.13. The molecule has 0 unspecified atom stereocenters. The minimum atomic E-state index is 0.823. The summed E-state index contributed by atoms with van der Waals surface area (Å²) >= 11 is 6.14. The Bertz CT molecular complexity index is 408. The molecule has 1 fully saturated rings. The van der Waals surface area contributed by atoms with Gasteiger partial charge in [-0.2, -0.15) is 0 Å². The van der Waals surface area contributed by atoms with Crippen molar-refractivity contribution < 1.29 is 0 Å². The predicted octanol–water partition coefficient (Wildman–Crippen LogP) is 2.59. The van der Waals surface area contributed by atoms with Gasteiger partial charge in [0.15, 0.2) is 0 Å². The lowest BCUT2D eigenvalue weighted by atomic mass is 10.1. The largest absolute Gasteiger partial charge is 0.370 e. The van der Waals surface area contributed by atoms with Crippen LogP contribution < -0.4 is 10.2 Å². The zero-order valence-corrected chi connectivity index (χ0v) is 12.7. The SMILES string of the molecule is CCNCc1cc(Cl)ccc1N1CCCN(C)CC1. The maximum atomic E-state index is 6.14. The molecule has 1 heterocycles. The highest BCUT2D eigenvalue weighted by Gasteiger charge is 2.15. The molecule has 0 spiro atoms. The molecule has 0 aromatic heterocycles. The molecule has 0 bridgehead atoms. The fraction of sp³-hybridized carbons (Fsp3) is 0.600. The minimum Gasteiger partial charge on any atom is -0.370 e. The first-order chi connectivity index (χ1) is 9.20. The van der Waals surface area contributed by atoms with Crippen LogP contribution in [0.5, 0.6) is 0 Å². The van der Waals surface area contributed by atoms with Crippen LogP contribution in [-0.4, -0.2) is 44.7 Å². The van der Waals surface area contributed by atoms with Crippen LogP contribution in [0.15, 0.2) is 18.2 Å². The predicted molar refractivity (Wildman–Crippen MR) is 83.2 cm³/mol. The average molecular weight is 282 g/mol. The van der Waals surface area contributed by atoms with E-state index in [0.717, 1.165) is 37.7 Å². The summed E-state index contributed by atoms with van der Waals surface area (Å²) in [4.78, 5) is 4.90. The summed E-state index contributed by atoms with van der Waals surface area (Å²) < 4.78 is 0. The molecule has 4 heteroatoms. The van der Waals surface area contributed by atoms with Gasteiger partial charge < -0.3 is 15.1 Å². The number of nitrogens with one attached hydrogen (secondary N) is 1. The van der Waals surface area contributed by atoms with E-state index in [0.29, 0.717) is 0 Å². The first kappa shape index (κ1) is 14.6. The van der Waals surface area contributed by atoms with Gasteiger partial charge in [0.2, 0.25) is 0 Å². The second-order valence-corrected chi connectivity index (χ2v) is 5.63. The first-order valence-corrected chi connectivity index (χ1v) is 7.51. The van der Waals surface area contributed by atoms with Crippen molar-refractivity contribution in [2.45, 2.75) is 19.9 Å². The van der Waals surface area contributed by atoms with Crippen molar-refractivity contribution in [3.05, 3.63) is 28.8 Å². The van der Waals surface area contributed by atoms with Crippen molar-refractivity contribution >= 4 is 17.3 Å². The molecular weight excluding hydrogens is 258 g/mol. The normalized spacial score (nSPS) is 17.5. The van der Waals surface area contributed by atoms with E-state index in [1.807, 2.05) is 6.07 Å². The lowest BCUT2D eigenvalue weighted by molar-refractivity contribution is 0.360. The van der Waals surface area contributed by atoms with E-state index >= 15 is 0 Å². The molecule has 0 atom stereocenters. The van der Waals surface area contributed by atoms with Crippen LogP contribution in [0.1, 0.15) is 18.9 Å². The zero-order valence-electron chi connectivity index (χ0n) is 12.0. The topological polar surface area (TPSA) is 18.5 Å². The Hall–Kier alpha value is -0.770. The lowest BCUT2D eigenvalue weighted by Gasteiger charge is -2.26. The Morgan fingerprint density at radius 3 is 2.84 bits per heavy atom.